The van der Waals surface area contributed by atoms with Crippen LogP contribution in [-0.2, 0) is 0 Å². The first-order chi connectivity index (χ1) is 6.51. The molecule has 2 heterocycles. The third-order valence-corrected chi connectivity index (χ3v) is 4.40. The lowest BCUT2D eigenvalue weighted by molar-refractivity contribution is 0.144. The molecule has 14 heavy (non-hydrogen) atoms. The maximum atomic E-state index is 6.38. The highest BCUT2D eigenvalue weighted by Gasteiger charge is 2.53. The molecule has 2 rings (SSSR count). The number of rotatable bonds is 2. The standard InChI is InChI=1S/C11H19B2N/c1-9(2)11(12,13)10-5-3-7-14(10)8-4-6-10/h9H,3-8H2,1-2H3. The van der Waals surface area contributed by atoms with Gasteiger partial charge < -0.3 is 0 Å². The van der Waals surface area contributed by atoms with Crippen molar-refractivity contribution in [2.45, 2.75) is 50.3 Å². The molecule has 0 atom stereocenters. The molecule has 4 radical (unpaired) electrons. The van der Waals surface area contributed by atoms with Crippen molar-refractivity contribution in [1.82, 2.24) is 4.90 Å². The summed E-state index contributed by atoms with van der Waals surface area (Å²) in [4.78, 5) is 2.53. The summed E-state index contributed by atoms with van der Waals surface area (Å²) in [5, 5.41) is -0.514. The van der Waals surface area contributed by atoms with E-state index in [9.17, 15) is 0 Å². The van der Waals surface area contributed by atoms with E-state index >= 15 is 0 Å². The zero-order valence-corrected chi connectivity index (χ0v) is 9.42. The second kappa shape index (κ2) is 3.30. The molecule has 0 spiro atoms. The molecule has 2 aliphatic rings. The highest BCUT2D eigenvalue weighted by Crippen LogP contribution is 2.54. The third kappa shape index (κ3) is 1.21. The third-order valence-electron chi connectivity index (χ3n) is 4.40. The monoisotopic (exact) mass is 187 g/mol. The number of hydrogen-bond acceptors (Lipinski definition) is 1. The van der Waals surface area contributed by atoms with Gasteiger partial charge in [-0.2, -0.15) is 0 Å². The van der Waals surface area contributed by atoms with Crippen LogP contribution in [0.1, 0.15) is 39.5 Å². The first-order valence-electron chi connectivity index (χ1n) is 5.83. The summed E-state index contributed by atoms with van der Waals surface area (Å²) in [5.41, 5.74) is 0.112. The minimum absolute atomic E-state index is 0.112. The van der Waals surface area contributed by atoms with Gasteiger partial charge in [0.25, 0.3) is 0 Å². The first-order valence-corrected chi connectivity index (χ1v) is 5.83. The van der Waals surface area contributed by atoms with Crippen LogP contribution in [0.2, 0.25) is 5.21 Å². The van der Waals surface area contributed by atoms with Crippen LogP contribution in [0, 0.1) is 5.92 Å². The molecule has 0 aromatic rings. The average molecular weight is 187 g/mol. The van der Waals surface area contributed by atoms with Gasteiger partial charge in [-0.05, 0) is 38.8 Å². The highest BCUT2D eigenvalue weighted by molar-refractivity contribution is 6.41. The highest BCUT2D eigenvalue weighted by atomic mass is 15.2. The summed E-state index contributed by atoms with van der Waals surface area (Å²) in [6.45, 7) is 6.68. The maximum absolute atomic E-state index is 6.38. The second-order valence-corrected chi connectivity index (χ2v) is 5.31. The minimum atomic E-state index is -0.514. The van der Waals surface area contributed by atoms with Gasteiger partial charge in [-0.3, -0.25) is 4.90 Å². The fourth-order valence-corrected chi connectivity index (χ4v) is 3.35. The largest absolute Gasteiger partial charge is 0.299 e. The lowest BCUT2D eigenvalue weighted by atomic mass is 9.40. The Balaban J connectivity index is 2.30. The Morgan fingerprint density at radius 1 is 1.14 bits per heavy atom. The van der Waals surface area contributed by atoms with Crippen LogP contribution in [-0.4, -0.2) is 39.2 Å². The van der Waals surface area contributed by atoms with Crippen LogP contribution in [0.25, 0.3) is 0 Å². The summed E-state index contributed by atoms with van der Waals surface area (Å²) in [7, 11) is 12.8. The Kier molecular flexibility index (Phi) is 2.50. The van der Waals surface area contributed by atoms with Gasteiger partial charge >= 0.3 is 0 Å². The predicted molar refractivity (Wildman–Crippen MR) is 61.8 cm³/mol. The minimum Gasteiger partial charge on any atom is -0.299 e. The van der Waals surface area contributed by atoms with Crippen molar-refractivity contribution in [2.24, 2.45) is 5.92 Å². The molecule has 0 aliphatic carbocycles. The van der Waals surface area contributed by atoms with E-state index in [2.05, 4.69) is 18.7 Å². The second-order valence-electron chi connectivity index (χ2n) is 5.31. The Morgan fingerprint density at radius 2 is 1.64 bits per heavy atom. The van der Waals surface area contributed by atoms with Crippen LogP contribution in [0.3, 0.4) is 0 Å². The van der Waals surface area contributed by atoms with Gasteiger partial charge in [-0.1, -0.05) is 25.0 Å². The lowest BCUT2D eigenvalue weighted by Crippen LogP contribution is -2.52. The van der Waals surface area contributed by atoms with E-state index in [0.29, 0.717) is 5.92 Å². The van der Waals surface area contributed by atoms with Crippen molar-refractivity contribution in [3.8, 4) is 0 Å². The topological polar surface area (TPSA) is 3.24 Å². The molecule has 0 bridgehead atoms. The molecule has 0 unspecified atom stereocenters. The average Bonchev–Trinajstić information content (AvgIpc) is 2.59. The van der Waals surface area contributed by atoms with Crippen molar-refractivity contribution in [1.29, 1.82) is 0 Å². The van der Waals surface area contributed by atoms with Crippen molar-refractivity contribution >= 4 is 15.7 Å². The molecule has 0 amide bonds. The first kappa shape index (κ1) is 10.6. The number of fused-ring (bicyclic) bond motifs is 1. The summed E-state index contributed by atoms with van der Waals surface area (Å²) in [6, 6.07) is 0. The van der Waals surface area contributed by atoms with Gasteiger partial charge in [-0.15, -0.1) is 0 Å². The van der Waals surface area contributed by atoms with Crippen LogP contribution < -0.4 is 0 Å². The van der Waals surface area contributed by atoms with Crippen molar-refractivity contribution in [2.75, 3.05) is 13.1 Å². The van der Waals surface area contributed by atoms with E-state index in [4.69, 9.17) is 15.7 Å². The Morgan fingerprint density at radius 3 is 2.07 bits per heavy atom. The molecular formula is C11H19B2N. The van der Waals surface area contributed by atoms with Gasteiger partial charge in [-0.25, -0.2) is 0 Å². The number of nitrogens with zero attached hydrogens (tertiary/aromatic N) is 1. The Hall–Kier alpha value is 0.0899. The van der Waals surface area contributed by atoms with E-state index in [1.165, 1.54) is 38.8 Å². The molecule has 0 saturated carbocycles. The van der Waals surface area contributed by atoms with Gasteiger partial charge in [0.2, 0.25) is 0 Å². The molecular weight excluding hydrogens is 168 g/mol. The smallest absolute Gasteiger partial charge is 0.0648 e. The molecule has 2 saturated heterocycles. The molecule has 2 aliphatic heterocycles. The van der Waals surface area contributed by atoms with Gasteiger partial charge in [0.1, 0.15) is 0 Å². The molecule has 0 N–H and O–H groups in total. The molecule has 3 heteroatoms. The van der Waals surface area contributed by atoms with E-state index in [1.54, 1.807) is 0 Å². The van der Waals surface area contributed by atoms with E-state index in [0.717, 1.165) is 0 Å². The zero-order chi connectivity index (χ0) is 10.4. The van der Waals surface area contributed by atoms with Crippen LogP contribution in [0.4, 0.5) is 0 Å². The fourth-order valence-electron chi connectivity index (χ4n) is 3.35. The quantitative estimate of drug-likeness (QED) is 0.594. The Bertz CT molecular complexity index is 215. The molecule has 0 aromatic carbocycles. The Labute approximate surface area is 90.4 Å². The van der Waals surface area contributed by atoms with Gasteiger partial charge in [0.15, 0.2) is 0 Å². The normalized spacial score (nSPS) is 27.1. The molecule has 1 nitrogen and oxygen atoms in total. The van der Waals surface area contributed by atoms with E-state index in [-0.39, 0.29) is 5.54 Å². The number of hydrogen-bond donors (Lipinski definition) is 0. The zero-order valence-electron chi connectivity index (χ0n) is 9.42. The molecule has 2 fully saturated rings. The van der Waals surface area contributed by atoms with Crippen LogP contribution >= 0.6 is 0 Å². The summed E-state index contributed by atoms with van der Waals surface area (Å²) in [5.74, 6) is 0.348. The van der Waals surface area contributed by atoms with E-state index < -0.39 is 5.21 Å². The van der Waals surface area contributed by atoms with Crippen LogP contribution in [0.15, 0.2) is 0 Å². The lowest BCUT2D eigenvalue weighted by Gasteiger charge is -2.50. The molecule has 74 valence electrons. The SMILES string of the molecule is [B]C([B])(C(C)C)C12CCCN1CCC2. The predicted octanol–water partition coefficient (Wildman–Crippen LogP) is 1.72. The van der Waals surface area contributed by atoms with Gasteiger partial charge in [0.05, 0.1) is 15.7 Å². The van der Waals surface area contributed by atoms with Crippen molar-refractivity contribution in [3.05, 3.63) is 0 Å². The molecule has 0 aromatic heterocycles. The van der Waals surface area contributed by atoms with Crippen molar-refractivity contribution in [3.63, 3.8) is 0 Å². The summed E-state index contributed by atoms with van der Waals surface area (Å²) < 4.78 is 0. The van der Waals surface area contributed by atoms with E-state index in [1.807, 2.05) is 0 Å². The van der Waals surface area contributed by atoms with Crippen LogP contribution in [0.5, 0.6) is 0 Å². The van der Waals surface area contributed by atoms with Gasteiger partial charge in [0, 0.05) is 5.54 Å². The summed E-state index contributed by atoms with van der Waals surface area (Å²) >= 11 is 0. The summed E-state index contributed by atoms with van der Waals surface area (Å²) in [6.07, 6.45) is 4.92. The maximum Gasteiger partial charge on any atom is 0.0648 e. The van der Waals surface area contributed by atoms with Crippen molar-refractivity contribution < 1.29 is 0 Å². The fraction of sp³-hybridized carbons (Fsp3) is 1.00.